The summed E-state index contributed by atoms with van der Waals surface area (Å²) in [7, 11) is 0. The van der Waals surface area contributed by atoms with Gasteiger partial charge in [-0.15, -0.1) is 0 Å². The molecule has 1 unspecified atom stereocenters. The molecule has 30 heavy (non-hydrogen) atoms. The number of anilines is 1. The van der Waals surface area contributed by atoms with Crippen LogP contribution in [-0.4, -0.2) is 40.0 Å². The molecular weight excluding hydrogens is 386 g/mol. The molecule has 162 valence electrons. The molecule has 2 heterocycles. The standard InChI is InChI=1S/C21H25N3O5.CH4/c1-3-4-5-6-10-15(25)22-14-9-7-8-13-17(14)19(28)24(18(13)27)21(2)12-11-16(26)23-20(21)29;/h7-9H,3-6,10-12H2,1-2H3,(H,22,25)(H,23,26,29);1H4. The average molecular weight is 415 g/mol. The van der Waals surface area contributed by atoms with Crippen LogP contribution in [0.15, 0.2) is 18.2 Å². The van der Waals surface area contributed by atoms with Crippen LogP contribution in [0.3, 0.4) is 0 Å². The summed E-state index contributed by atoms with van der Waals surface area (Å²) >= 11 is 0. The van der Waals surface area contributed by atoms with Gasteiger partial charge in [0, 0.05) is 12.8 Å². The van der Waals surface area contributed by atoms with Crippen LogP contribution in [0.5, 0.6) is 0 Å². The third kappa shape index (κ3) is 4.13. The maximum atomic E-state index is 13.1. The Kier molecular flexibility index (Phi) is 7.12. The molecule has 1 saturated heterocycles. The van der Waals surface area contributed by atoms with Gasteiger partial charge in [-0.05, 0) is 31.9 Å². The molecule has 2 aliphatic heterocycles. The lowest BCUT2D eigenvalue weighted by atomic mass is 9.89. The molecule has 0 aromatic heterocycles. The van der Waals surface area contributed by atoms with E-state index in [0.717, 1.165) is 30.6 Å². The van der Waals surface area contributed by atoms with Crippen LogP contribution in [0.4, 0.5) is 5.69 Å². The van der Waals surface area contributed by atoms with Crippen molar-refractivity contribution in [2.75, 3.05) is 5.32 Å². The molecule has 5 amide bonds. The first-order chi connectivity index (χ1) is 13.8. The molecule has 8 heteroatoms. The second-order valence-corrected chi connectivity index (χ2v) is 7.68. The fourth-order valence-corrected chi connectivity index (χ4v) is 3.77. The Morgan fingerprint density at radius 1 is 1.13 bits per heavy atom. The van der Waals surface area contributed by atoms with E-state index in [0.29, 0.717) is 6.42 Å². The average Bonchev–Trinajstić information content (AvgIpc) is 2.94. The molecule has 0 bridgehead atoms. The van der Waals surface area contributed by atoms with Gasteiger partial charge in [-0.3, -0.25) is 34.2 Å². The van der Waals surface area contributed by atoms with Crippen molar-refractivity contribution in [3.8, 4) is 0 Å². The number of piperidine rings is 1. The summed E-state index contributed by atoms with van der Waals surface area (Å²) in [6.45, 7) is 3.56. The van der Waals surface area contributed by atoms with Crippen LogP contribution < -0.4 is 10.6 Å². The lowest BCUT2D eigenvalue weighted by Crippen LogP contribution is -2.62. The Bertz CT molecular complexity index is 895. The van der Waals surface area contributed by atoms with Gasteiger partial charge >= 0.3 is 0 Å². The highest BCUT2D eigenvalue weighted by Gasteiger charge is 2.53. The Labute approximate surface area is 176 Å². The van der Waals surface area contributed by atoms with Gasteiger partial charge in [-0.1, -0.05) is 39.7 Å². The van der Waals surface area contributed by atoms with E-state index in [1.165, 1.54) is 13.0 Å². The number of fused-ring (bicyclic) bond motifs is 1. The number of amides is 5. The molecule has 3 rings (SSSR count). The minimum Gasteiger partial charge on any atom is -0.325 e. The first-order valence-corrected chi connectivity index (χ1v) is 9.95. The van der Waals surface area contributed by atoms with Gasteiger partial charge in [0.1, 0.15) is 5.54 Å². The summed E-state index contributed by atoms with van der Waals surface area (Å²) in [6, 6.07) is 4.67. The quantitative estimate of drug-likeness (QED) is 0.525. The third-order valence-corrected chi connectivity index (χ3v) is 5.52. The molecule has 2 aliphatic rings. The van der Waals surface area contributed by atoms with Crippen molar-refractivity contribution in [2.24, 2.45) is 0 Å². The number of unbranched alkanes of at least 4 members (excludes halogenated alkanes) is 3. The van der Waals surface area contributed by atoms with E-state index in [9.17, 15) is 24.0 Å². The molecule has 1 aromatic rings. The van der Waals surface area contributed by atoms with Crippen molar-refractivity contribution < 1.29 is 24.0 Å². The molecular formula is C22H29N3O5. The number of hydrogen-bond donors (Lipinski definition) is 2. The van der Waals surface area contributed by atoms with E-state index in [4.69, 9.17) is 0 Å². The molecule has 8 nitrogen and oxygen atoms in total. The van der Waals surface area contributed by atoms with E-state index in [2.05, 4.69) is 17.6 Å². The topological polar surface area (TPSA) is 113 Å². The smallest absolute Gasteiger partial charge is 0.264 e. The van der Waals surface area contributed by atoms with Crippen molar-refractivity contribution in [1.29, 1.82) is 0 Å². The van der Waals surface area contributed by atoms with E-state index in [-0.39, 0.29) is 43.0 Å². The zero-order valence-corrected chi connectivity index (χ0v) is 16.7. The van der Waals surface area contributed by atoms with Crippen molar-refractivity contribution in [1.82, 2.24) is 10.2 Å². The summed E-state index contributed by atoms with van der Waals surface area (Å²) in [5.41, 5.74) is -0.961. The van der Waals surface area contributed by atoms with E-state index < -0.39 is 29.2 Å². The third-order valence-electron chi connectivity index (χ3n) is 5.52. The van der Waals surface area contributed by atoms with Crippen LogP contribution in [-0.2, 0) is 14.4 Å². The lowest BCUT2D eigenvalue weighted by Gasteiger charge is -2.38. The number of benzene rings is 1. The largest absolute Gasteiger partial charge is 0.325 e. The summed E-state index contributed by atoms with van der Waals surface area (Å²) in [5.74, 6) is -2.57. The maximum absolute atomic E-state index is 13.1. The predicted octanol–water partition coefficient (Wildman–Crippen LogP) is 3.02. The number of hydrogen-bond acceptors (Lipinski definition) is 5. The Morgan fingerprint density at radius 3 is 2.53 bits per heavy atom. The highest BCUT2D eigenvalue weighted by Crippen LogP contribution is 2.37. The Morgan fingerprint density at radius 2 is 1.87 bits per heavy atom. The number of imide groups is 2. The first-order valence-electron chi connectivity index (χ1n) is 9.95. The first kappa shape index (κ1) is 23.3. The normalized spacial score (nSPS) is 20.5. The number of rotatable bonds is 7. The molecule has 2 N–H and O–H groups in total. The molecule has 0 aliphatic carbocycles. The molecule has 1 atom stereocenters. The van der Waals surface area contributed by atoms with Crippen LogP contribution in [0.25, 0.3) is 0 Å². The van der Waals surface area contributed by atoms with Gasteiger partial charge < -0.3 is 5.32 Å². The number of carbonyl (C=O) groups excluding carboxylic acids is 5. The van der Waals surface area contributed by atoms with Gasteiger partial charge in [-0.25, -0.2) is 0 Å². The summed E-state index contributed by atoms with van der Waals surface area (Å²) in [5, 5.41) is 4.93. The van der Waals surface area contributed by atoms with Crippen molar-refractivity contribution in [2.45, 2.75) is 71.8 Å². The van der Waals surface area contributed by atoms with E-state index in [1.807, 2.05) is 0 Å². The van der Waals surface area contributed by atoms with Crippen molar-refractivity contribution in [3.63, 3.8) is 0 Å². The number of nitrogens with one attached hydrogen (secondary N) is 2. The lowest BCUT2D eigenvalue weighted by molar-refractivity contribution is -0.141. The minimum absolute atomic E-state index is 0. The molecule has 0 radical (unpaired) electrons. The highest BCUT2D eigenvalue weighted by atomic mass is 16.2. The molecule has 0 spiro atoms. The van der Waals surface area contributed by atoms with Gasteiger partial charge in [0.25, 0.3) is 17.7 Å². The number of nitrogens with zero attached hydrogens (tertiary/aromatic N) is 1. The summed E-state index contributed by atoms with van der Waals surface area (Å²) in [4.78, 5) is 63.2. The zero-order chi connectivity index (χ0) is 21.2. The van der Waals surface area contributed by atoms with Crippen LogP contribution in [0.1, 0.15) is 86.9 Å². The van der Waals surface area contributed by atoms with Gasteiger partial charge in [0.05, 0.1) is 16.8 Å². The van der Waals surface area contributed by atoms with Crippen molar-refractivity contribution >= 4 is 35.2 Å². The molecule has 1 aromatic carbocycles. The summed E-state index contributed by atoms with van der Waals surface area (Å²) in [6.07, 6.45) is 4.25. The maximum Gasteiger partial charge on any atom is 0.264 e. The monoisotopic (exact) mass is 415 g/mol. The van der Waals surface area contributed by atoms with E-state index in [1.54, 1.807) is 12.1 Å². The van der Waals surface area contributed by atoms with Crippen LogP contribution >= 0.6 is 0 Å². The molecule has 0 saturated carbocycles. The SMILES string of the molecule is C.CCCCCCC(=O)Nc1cccc2c1C(=O)N(C1(C)CCC(=O)NC1=O)C2=O. The van der Waals surface area contributed by atoms with Gasteiger partial charge in [0.15, 0.2) is 0 Å². The fraction of sp³-hybridized carbons (Fsp3) is 0.500. The zero-order valence-electron chi connectivity index (χ0n) is 16.7. The Hall–Kier alpha value is -3.03. The number of carbonyl (C=O) groups is 5. The molecule has 1 fully saturated rings. The van der Waals surface area contributed by atoms with Crippen LogP contribution in [0.2, 0.25) is 0 Å². The fourth-order valence-electron chi connectivity index (χ4n) is 3.77. The van der Waals surface area contributed by atoms with Gasteiger partial charge in [0.2, 0.25) is 11.8 Å². The summed E-state index contributed by atoms with van der Waals surface area (Å²) < 4.78 is 0. The van der Waals surface area contributed by atoms with Crippen molar-refractivity contribution in [3.05, 3.63) is 29.3 Å². The predicted molar refractivity (Wildman–Crippen MR) is 112 cm³/mol. The Balaban J connectivity index is 0.00000320. The second kappa shape index (κ2) is 9.19. The minimum atomic E-state index is -1.46. The van der Waals surface area contributed by atoms with Gasteiger partial charge in [-0.2, -0.15) is 0 Å². The van der Waals surface area contributed by atoms with E-state index >= 15 is 0 Å². The second-order valence-electron chi connectivity index (χ2n) is 7.68. The van der Waals surface area contributed by atoms with Crippen LogP contribution in [0, 0.1) is 0 Å². The highest BCUT2D eigenvalue weighted by molar-refractivity contribution is 6.26.